The maximum Gasteiger partial charge on any atom is 0.242 e. The van der Waals surface area contributed by atoms with Crippen molar-refractivity contribution in [2.45, 2.75) is 44.2 Å². The van der Waals surface area contributed by atoms with Gasteiger partial charge >= 0.3 is 0 Å². The zero-order valence-corrected chi connectivity index (χ0v) is 18.1. The van der Waals surface area contributed by atoms with Crippen LogP contribution in [0.4, 0.5) is 0 Å². The van der Waals surface area contributed by atoms with E-state index >= 15 is 0 Å². The third kappa shape index (κ3) is 9.39. The molecular formula is C19H33N7O6. The van der Waals surface area contributed by atoms with Crippen LogP contribution in [-0.4, -0.2) is 92.1 Å². The number of carbonyl (C=O) groups excluding carboxylic acids is 6. The second-order valence-electron chi connectivity index (χ2n) is 7.23. The summed E-state index contributed by atoms with van der Waals surface area (Å²) in [6.07, 6.45) is 2.42. The topological polar surface area (TPSA) is 206 Å². The summed E-state index contributed by atoms with van der Waals surface area (Å²) >= 11 is 0. The number of hydrogen-bond acceptors (Lipinski definition) is 8. The van der Waals surface area contributed by atoms with Gasteiger partial charge in [0.25, 0.3) is 0 Å². The third-order valence-electron chi connectivity index (χ3n) is 4.86. The quantitative estimate of drug-likeness (QED) is 0.142. The van der Waals surface area contributed by atoms with Crippen molar-refractivity contribution in [3.63, 3.8) is 0 Å². The highest BCUT2D eigenvalue weighted by Crippen LogP contribution is 2.17. The molecule has 2 atom stereocenters. The highest BCUT2D eigenvalue weighted by atomic mass is 16.2. The van der Waals surface area contributed by atoms with Crippen LogP contribution in [0, 0.1) is 0 Å². The largest absolute Gasteiger partial charge is 0.354 e. The molecule has 0 bridgehead atoms. The molecule has 1 rings (SSSR count). The van der Waals surface area contributed by atoms with Crippen molar-refractivity contribution in [3.05, 3.63) is 0 Å². The summed E-state index contributed by atoms with van der Waals surface area (Å²) in [5, 5.41) is 9.98. The number of carbonyl (C=O) groups is 6. The fourth-order valence-corrected chi connectivity index (χ4v) is 3.23. The van der Waals surface area contributed by atoms with Gasteiger partial charge in [-0.3, -0.25) is 24.0 Å². The van der Waals surface area contributed by atoms with E-state index < -0.39 is 35.7 Å². The van der Waals surface area contributed by atoms with E-state index in [1.54, 1.807) is 0 Å². The molecule has 1 heterocycles. The fraction of sp³-hybridized carbons (Fsp3) is 0.684. The van der Waals surface area contributed by atoms with Gasteiger partial charge in [-0.15, -0.1) is 0 Å². The van der Waals surface area contributed by atoms with Gasteiger partial charge in [0.1, 0.15) is 18.4 Å². The number of nitrogens with one attached hydrogen (secondary N) is 4. The van der Waals surface area contributed by atoms with Crippen LogP contribution in [0.3, 0.4) is 0 Å². The molecule has 32 heavy (non-hydrogen) atoms. The SMILES string of the molecule is NCCC[C@H](NC(=O)CCNC(=O)[C@@H]1CCCN1C(=O)CNC(=O)CN)C(=O)NCC=O. The first-order valence-electron chi connectivity index (χ1n) is 10.6. The molecule has 0 aromatic carbocycles. The lowest BCUT2D eigenvalue weighted by atomic mass is 10.1. The summed E-state index contributed by atoms with van der Waals surface area (Å²) in [6, 6.07) is -1.50. The van der Waals surface area contributed by atoms with Gasteiger partial charge in [-0.05, 0) is 32.2 Å². The molecule has 0 aromatic rings. The van der Waals surface area contributed by atoms with Crippen molar-refractivity contribution in [2.24, 2.45) is 11.5 Å². The predicted molar refractivity (Wildman–Crippen MR) is 114 cm³/mol. The van der Waals surface area contributed by atoms with Crippen molar-refractivity contribution in [1.82, 2.24) is 26.2 Å². The molecule has 1 fully saturated rings. The number of likely N-dealkylation sites (tertiary alicyclic amines) is 1. The fourth-order valence-electron chi connectivity index (χ4n) is 3.23. The Balaban J connectivity index is 2.47. The minimum absolute atomic E-state index is 0.0205. The van der Waals surface area contributed by atoms with Crippen molar-refractivity contribution in [1.29, 1.82) is 0 Å². The van der Waals surface area contributed by atoms with Crippen molar-refractivity contribution in [3.8, 4) is 0 Å². The van der Waals surface area contributed by atoms with E-state index in [1.165, 1.54) is 4.90 Å². The first-order valence-corrected chi connectivity index (χ1v) is 10.6. The lowest BCUT2D eigenvalue weighted by molar-refractivity contribution is -0.138. The molecular weight excluding hydrogens is 422 g/mol. The smallest absolute Gasteiger partial charge is 0.242 e. The minimum Gasteiger partial charge on any atom is -0.354 e. The standard InChI is InChI=1S/C19H33N7O6/c20-6-1-3-13(18(31)23-8-10-27)25-15(28)5-7-22-19(32)14-4-2-9-26(14)17(30)12-24-16(29)11-21/h10,13-14H,1-9,11-12,20-21H2,(H,22,32)(H,23,31)(H,24,29)(H,25,28)/t13-,14-/m0/s1. The van der Waals surface area contributed by atoms with E-state index in [4.69, 9.17) is 11.5 Å². The van der Waals surface area contributed by atoms with E-state index in [0.717, 1.165) is 0 Å². The molecule has 0 radical (unpaired) electrons. The maximum absolute atomic E-state index is 12.5. The number of hydrogen-bond donors (Lipinski definition) is 6. The summed E-state index contributed by atoms with van der Waals surface area (Å²) in [5.74, 6) is -2.17. The molecule has 0 saturated carbocycles. The van der Waals surface area contributed by atoms with Crippen molar-refractivity contribution in [2.75, 3.05) is 39.3 Å². The van der Waals surface area contributed by atoms with E-state index in [1.807, 2.05) is 0 Å². The molecule has 1 aliphatic heterocycles. The molecule has 0 aromatic heterocycles. The van der Waals surface area contributed by atoms with Gasteiger partial charge in [0, 0.05) is 19.5 Å². The zero-order chi connectivity index (χ0) is 23.9. The summed E-state index contributed by atoms with van der Waals surface area (Å²) in [4.78, 5) is 72.0. The van der Waals surface area contributed by atoms with Crippen LogP contribution in [0.2, 0.25) is 0 Å². The Labute approximate surface area is 186 Å². The van der Waals surface area contributed by atoms with Gasteiger partial charge in [0.15, 0.2) is 0 Å². The summed E-state index contributed by atoms with van der Waals surface area (Å²) in [6.45, 7) is 0.136. The third-order valence-corrected chi connectivity index (χ3v) is 4.86. The van der Waals surface area contributed by atoms with Crippen molar-refractivity contribution < 1.29 is 28.8 Å². The number of nitrogens with two attached hydrogens (primary N) is 2. The Bertz CT molecular complexity index is 687. The first-order chi connectivity index (χ1) is 15.3. The zero-order valence-electron chi connectivity index (χ0n) is 18.1. The molecule has 1 aliphatic rings. The van der Waals surface area contributed by atoms with Gasteiger partial charge in [0.2, 0.25) is 29.5 Å². The molecule has 0 aliphatic carbocycles. The molecule has 0 unspecified atom stereocenters. The molecule has 13 heteroatoms. The van der Waals surface area contributed by atoms with Gasteiger partial charge in [0.05, 0.1) is 19.6 Å². The number of rotatable bonds is 14. The molecule has 5 amide bonds. The van der Waals surface area contributed by atoms with Gasteiger partial charge in [-0.1, -0.05) is 0 Å². The number of aldehydes is 1. The molecule has 13 nitrogen and oxygen atoms in total. The average molecular weight is 456 g/mol. The average Bonchev–Trinajstić information content (AvgIpc) is 3.28. The van der Waals surface area contributed by atoms with Crippen LogP contribution in [-0.2, 0) is 28.8 Å². The molecule has 0 spiro atoms. The predicted octanol–water partition coefficient (Wildman–Crippen LogP) is -3.90. The normalized spacial score (nSPS) is 16.1. The van der Waals surface area contributed by atoms with Crippen molar-refractivity contribution >= 4 is 35.8 Å². The Morgan fingerprint density at radius 3 is 2.47 bits per heavy atom. The van der Waals surface area contributed by atoms with Gasteiger partial charge < -0.3 is 42.4 Å². The van der Waals surface area contributed by atoms with Gasteiger partial charge in [-0.2, -0.15) is 0 Å². The van der Waals surface area contributed by atoms with Crippen LogP contribution in [0.25, 0.3) is 0 Å². The summed E-state index contributed by atoms with van der Waals surface area (Å²) in [7, 11) is 0. The molecule has 180 valence electrons. The first kappa shape index (κ1) is 27.0. The van der Waals surface area contributed by atoms with Crippen LogP contribution in [0.15, 0.2) is 0 Å². The maximum atomic E-state index is 12.5. The second-order valence-corrected chi connectivity index (χ2v) is 7.23. The van der Waals surface area contributed by atoms with Crippen LogP contribution in [0.1, 0.15) is 32.1 Å². The minimum atomic E-state index is -0.826. The van der Waals surface area contributed by atoms with E-state index in [2.05, 4.69) is 21.3 Å². The van der Waals surface area contributed by atoms with E-state index in [9.17, 15) is 28.8 Å². The lowest BCUT2D eigenvalue weighted by Crippen LogP contribution is -2.50. The second kappa shape index (κ2) is 14.9. The van der Waals surface area contributed by atoms with E-state index in [-0.39, 0.29) is 38.5 Å². The Morgan fingerprint density at radius 2 is 1.81 bits per heavy atom. The Hall–Kier alpha value is -3.06. The number of amides is 5. The van der Waals surface area contributed by atoms with Gasteiger partial charge in [-0.25, -0.2) is 0 Å². The highest BCUT2D eigenvalue weighted by Gasteiger charge is 2.33. The Morgan fingerprint density at radius 1 is 1.06 bits per heavy atom. The van der Waals surface area contributed by atoms with Crippen LogP contribution >= 0.6 is 0 Å². The number of nitrogens with zero attached hydrogens (tertiary/aromatic N) is 1. The summed E-state index contributed by atoms with van der Waals surface area (Å²) < 4.78 is 0. The van der Waals surface area contributed by atoms with Crippen LogP contribution < -0.4 is 32.7 Å². The highest BCUT2D eigenvalue weighted by molar-refractivity contribution is 5.91. The Kier molecular flexibility index (Phi) is 12.5. The summed E-state index contributed by atoms with van der Waals surface area (Å²) in [5.41, 5.74) is 10.6. The lowest BCUT2D eigenvalue weighted by Gasteiger charge is -2.24. The molecule has 8 N–H and O–H groups in total. The van der Waals surface area contributed by atoms with Crippen LogP contribution in [0.5, 0.6) is 0 Å². The molecule has 1 saturated heterocycles. The monoisotopic (exact) mass is 455 g/mol. The van der Waals surface area contributed by atoms with E-state index in [0.29, 0.717) is 45.1 Å².